The molecular formula is C21H25NO11. The lowest BCUT2D eigenvalue weighted by molar-refractivity contribution is -0.288. The van der Waals surface area contributed by atoms with Crippen LogP contribution in [0.4, 0.5) is 0 Å². The van der Waals surface area contributed by atoms with Gasteiger partial charge in [0.05, 0.1) is 5.56 Å². The van der Waals surface area contributed by atoms with Gasteiger partial charge >= 0.3 is 23.9 Å². The summed E-state index contributed by atoms with van der Waals surface area (Å²) in [6.07, 6.45) is -6.78. The number of hydrogen-bond donors (Lipinski definition) is 1. The first-order chi connectivity index (χ1) is 15.5. The van der Waals surface area contributed by atoms with Gasteiger partial charge in [0.2, 0.25) is 12.4 Å². The van der Waals surface area contributed by atoms with Gasteiger partial charge in [0.15, 0.2) is 12.2 Å². The summed E-state index contributed by atoms with van der Waals surface area (Å²) in [7, 11) is 0. The van der Waals surface area contributed by atoms with Crippen LogP contribution in [0.5, 0.6) is 5.75 Å². The van der Waals surface area contributed by atoms with Gasteiger partial charge in [-0.1, -0.05) is 12.1 Å². The Kier molecular flexibility index (Phi) is 8.74. The van der Waals surface area contributed by atoms with Gasteiger partial charge in [-0.25, -0.2) is 0 Å². The van der Waals surface area contributed by atoms with Gasteiger partial charge in [-0.3, -0.25) is 24.0 Å². The number of amides is 1. The molecule has 33 heavy (non-hydrogen) atoms. The number of rotatable bonds is 8. The third-order valence-corrected chi connectivity index (χ3v) is 4.34. The first kappa shape index (κ1) is 25.6. The van der Waals surface area contributed by atoms with E-state index in [1.807, 2.05) is 0 Å². The quantitative estimate of drug-likeness (QED) is 0.411. The van der Waals surface area contributed by atoms with Crippen LogP contribution in [0.3, 0.4) is 0 Å². The maximum Gasteiger partial charge on any atom is 0.303 e. The van der Waals surface area contributed by atoms with Crippen LogP contribution in [0, 0.1) is 0 Å². The molecule has 2 rings (SSSR count). The molecule has 0 aliphatic carbocycles. The van der Waals surface area contributed by atoms with Crippen LogP contribution in [0.25, 0.3) is 0 Å². The van der Waals surface area contributed by atoms with E-state index in [-0.39, 0.29) is 11.3 Å². The molecule has 180 valence electrons. The van der Waals surface area contributed by atoms with Crippen LogP contribution in [0.1, 0.15) is 38.1 Å². The Morgan fingerprint density at radius 2 is 1.36 bits per heavy atom. The van der Waals surface area contributed by atoms with E-state index >= 15 is 0 Å². The van der Waals surface area contributed by atoms with Crippen molar-refractivity contribution in [3.8, 4) is 5.75 Å². The van der Waals surface area contributed by atoms with Crippen molar-refractivity contribution in [2.24, 2.45) is 5.73 Å². The Morgan fingerprint density at radius 1 is 0.818 bits per heavy atom. The number of hydrogen-bond acceptors (Lipinski definition) is 11. The Morgan fingerprint density at radius 3 is 1.91 bits per heavy atom. The molecule has 0 aromatic heterocycles. The van der Waals surface area contributed by atoms with Crippen molar-refractivity contribution in [1.82, 2.24) is 0 Å². The lowest BCUT2D eigenvalue weighted by Crippen LogP contribution is -2.63. The minimum Gasteiger partial charge on any atom is -0.463 e. The van der Waals surface area contributed by atoms with Crippen LogP contribution in [0.2, 0.25) is 0 Å². The molecule has 0 spiro atoms. The number of nitrogens with two attached hydrogens (primary N) is 1. The fourth-order valence-electron chi connectivity index (χ4n) is 3.18. The Hall–Kier alpha value is -3.67. The summed E-state index contributed by atoms with van der Waals surface area (Å²) in [5.74, 6) is -3.77. The van der Waals surface area contributed by atoms with Gasteiger partial charge < -0.3 is 34.2 Å². The molecule has 0 saturated carbocycles. The standard InChI is InChI=1S/C21H25NO11/c1-10(23)28-9-16-17(29-11(2)24)18(30-12(3)25)19(31-13(4)26)21(33-16)32-15-8-6-5-7-14(15)20(22)27/h5-8,16-19,21H,9H2,1-4H3,(H2,22,27)/t16-,17+,18-,19+,21-/m0/s1. The molecule has 12 heteroatoms. The van der Waals surface area contributed by atoms with Crippen molar-refractivity contribution in [3.63, 3.8) is 0 Å². The number of para-hydroxylation sites is 1. The van der Waals surface area contributed by atoms with E-state index < -0.39 is 67.1 Å². The normalized spacial score (nSPS) is 24.2. The molecule has 1 aromatic rings. The lowest BCUT2D eigenvalue weighted by Gasteiger charge is -2.44. The van der Waals surface area contributed by atoms with E-state index in [1.165, 1.54) is 12.1 Å². The summed E-state index contributed by atoms with van der Waals surface area (Å²) >= 11 is 0. The molecule has 2 N–H and O–H groups in total. The summed E-state index contributed by atoms with van der Waals surface area (Å²) < 4.78 is 32.5. The van der Waals surface area contributed by atoms with Gasteiger partial charge in [0.25, 0.3) is 5.91 Å². The highest BCUT2D eigenvalue weighted by atomic mass is 16.7. The van der Waals surface area contributed by atoms with E-state index in [9.17, 15) is 24.0 Å². The average Bonchev–Trinajstić information content (AvgIpc) is 2.70. The fourth-order valence-corrected chi connectivity index (χ4v) is 3.18. The largest absolute Gasteiger partial charge is 0.463 e. The highest BCUT2D eigenvalue weighted by Gasteiger charge is 2.53. The third-order valence-electron chi connectivity index (χ3n) is 4.34. The Bertz CT molecular complexity index is 915. The second-order valence-corrected chi connectivity index (χ2v) is 7.05. The molecule has 1 aliphatic rings. The van der Waals surface area contributed by atoms with E-state index in [1.54, 1.807) is 12.1 Å². The van der Waals surface area contributed by atoms with Gasteiger partial charge in [-0.15, -0.1) is 0 Å². The van der Waals surface area contributed by atoms with Crippen LogP contribution < -0.4 is 10.5 Å². The van der Waals surface area contributed by atoms with Crippen LogP contribution >= 0.6 is 0 Å². The average molecular weight is 467 g/mol. The van der Waals surface area contributed by atoms with Crippen molar-refractivity contribution in [2.75, 3.05) is 6.61 Å². The van der Waals surface area contributed by atoms with E-state index in [2.05, 4.69) is 0 Å². The smallest absolute Gasteiger partial charge is 0.303 e. The molecule has 0 unspecified atom stereocenters. The zero-order valence-corrected chi connectivity index (χ0v) is 18.5. The number of esters is 4. The van der Waals surface area contributed by atoms with Gasteiger partial charge in [0, 0.05) is 27.7 Å². The maximum absolute atomic E-state index is 11.8. The number of ether oxygens (including phenoxy) is 6. The van der Waals surface area contributed by atoms with Gasteiger partial charge in [-0.05, 0) is 12.1 Å². The SMILES string of the molecule is CC(=O)OC[C@@H]1O[C@H](Oc2ccccc2C(N)=O)[C@H](OC(C)=O)[C@@H](OC(C)=O)[C@@H]1OC(C)=O. The second kappa shape index (κ2) is 11.3. The van der Waals surface area contributed by atoms with Crippen molar-refractivity contribution in [3.05, 3.63) is 29.8 Å². The monoisotopic (exact) mass is 467 g/mol. The van der Waals surface area contributed by atoms with E-state index in [0.29, 0.717) is 0 Å². The molecule has 1 heterocycles. The van der Waals surface area contributed by atoms with Crippen LogP contribution in [-0.2, 0) is 42.9 Å². The van der Waals surface area contributed by atoms with E-state index in [4.69, 9.17) is 34.2 Å². The zero-order valence-electron chi connectivity index (χ0n) is 18.5. The maximum atomic E-state index is 11.8. The van der Waals surface area contributed by atoms with Crippen LogP contribution in [-0.4, -0.2) is 67.1 Å². The first-order valence-corrected chi connectivity index (χ1v) is 9.85. The first-order valence-electron chi connectivity index (χ1n) is 9.85. The predicted octanol–water partition coefficient (Wildman–Crippen LogP) is 0.247. The number of benzene rings is 1. The summed E-state index contributed by atoms with van der Waals surface area (Å²) in [5, 5.41) is 0. The van der Waals surface area contributed by atoms with Crippen molar-refractivity contribution < 1.29 is 52.4 Å². The third kappa shape index (κ3) is 7.17. The summed E-state index contributed by atoms with van der Waals surface area (Å²) in [6.45, 7) is 4.07. The van der Waals surface area contributed by atoms with E-state index in [0.717, 1.165) is 27.7 Å². The van der Waals surface area contributed by atoms with Gasteiger partial charge in [0.1, 0.15) is 18.5 Å². The molecule has 0 radical (unpaired) electrons. The lowest BCUT2D eigenvalue weighted by atomic mass is 9.98. The number of primary amides is 1. The Labute approximate surface area is 189 Å². The molecule has 0 bridgehead atoms. The topological polar surface area (TPSA) is 167 Å². The number of carbonyl (C=O) groups excluding carboxylic acids is 5. The summed E-state index contributed by atoms with van der Waals surface area (Å²) in [6, 6.07) is 5.95. The second-order valence-electron chi connectivity index (χ2n) is 7.05. The summed E-state index contributed by atoms with van der Waals surface area (Å²) in [4.78, 5) is 58.5. The predicted molar refractivity (Wildman–Crippen MR) is 108 cm³/mol. The van der Waals surface area contributed by atoms with Crippen molar-refractivity contribution in [1.29, 1.82) is 0 Å². The Balaban J connectivity index is 2.51. The van der Waals surface area contributed by atoms with Crippen LogP contribution in [0.15, 0.2) is 24.3 Å². The molecule has 1 aromatic carbocycles. The highest BCUT2D eigenvalue weighted by Crippen LogP contribution is 2.31. The highest BCUT2D eigenvalue weighted by molar-refractivity contribution is 5.95. The summed E-state index contributed by atoms with van der Waals surface area (Å²) in [5.41, 5.74) is 5.39. The molecule has 1 amide bonds. The molecule has 1 saturated heterocycles. The van der Waals surface area contributed by atoms with Crippen molar-refractivity contribution >= 4 is 29.8 Å². The molecule has 1 fully saturated rings. The minimum absolute atomic E-state index is 0.00496. The van der Waals surface area contributed by atoms with Crippen molar-refractivity contribution in [2.45, 2.75) is 58.4 Å². The molecule has 1 aliphatic heterocycles. The minimum atomic E-state index is -1.47. The number of carbonyl (C=O) groups is 5. The fraction of sp³-hybridized carbons (Fsp3) is 0.476. The molecular weight excluding hydrogens is 442 g/mol. The zero-order chi connectivity index (χ0) is 24.7. The molecule has 12 nitrogen and oxygen atoms in total. The van der Waals surface area contributed by atoms with Gasteiger partial charge in [-0.2, -0.15) is 0 Å². The molecule has 5 atom stereocenters.